The van der Waals surface area contributed by atoms with Gasteiger partial charge in [-0.15, -0.1) is 0 Å². The molecular weight excluding hydrogens is 248 g/mol. The van der Waals surface area contributed by atoms with E-state index in [2.05, 4.69) is 55.3 Å². The zero-order chi connectivity index (χ0) is 14.4. The molecule has 1 aliphatic heterocycles. The molecule has 3 nitrogen and oxygen atoms in total. The predicted octanol–water partition coefficient (Wildman–Crippen LogP) is 3.19. The Morgan fingerprint density at radius 2 is 1.70 bits per heavy atom. The summed E-state index contributed by atoms with van der Waals surface area (Å²) in [6, 6.07) is 8.94. The molecule has 20 heavy (non-hydrogen) atoms. The molecule has 3 heteroatoms. The molecule has 0 atom stereocenters. The molecular formula is C17H28N2O. The van der Waals surface area contributed by atoms with Gasteiger partial charge in [0.15, 0.2) is 0 Å². The van der Waals surface area contributed by atoms with Crippen LogP contribution in [0.25, 0.3) is 0 Å². The van der Waals surface area contributed by atoms with Gasteiger partial charge in [0, 0.05) is 44.1 Å². The topological polar surface area (TPSA) is 24.5 Å². The van der Waals surface area contributed by atoms with Crippen LogP contribution < -0.4 is 10.2 Å². The first-order valence-corrected chi connectivity index (χ1v) is 7.83. The number of nitrogens with zero attached hydrogens (tertiary/aromatic N) is 1. The van der Waals surface area contributed by atoms with Crippen molar-refractivity contribution in [3.8, 4) is 0 Å². The standard InChI is InChI=1S/C17H28N2O/c1-4-19(5-2)16-8-6-15(7-9-16)14-18-17(3)10-12-20-13-11-17/h6-9,18H,4-5,10-14H2,1-3H3. The number of nitrogens with one attached hydrogen (secondary N) is 1. The van der Waals surface area contributed by atoms with Crippen LogP contribution in [0.3, 0.4) is 0 Å². The Kier molecular flexibility index (Phi) is 5.44. The third-order valence-corrected chi connectivity index (χ3v) is 4.38. The van der Waals surface area contributed by atoms with Crippen LogP contribution in [0, 0.1) is 0 Å². The summed E-state index contributed by atoms with van der Waals surface area (Å²) in [6.45, 7) is 11.5. The van der Waals surface area contributed by atoms with Crippen LogP contribution in [-0.2, 0) is 11.3 Å². The van der Waals surface area contributed by atoms with Crippen LogP contribution in [0.15, 0.2) is 24.3 Å². The van der Waals surface area contributed by atoms with Gasteiger partial charge >= 0.3 is 0 Å². The van der Waals surface area contributed by atoms with Crippen LogP contribution in [0.4, 0.5) is 5.69 Å². The molecule has 1 aliphatic rings. The molecule has 0 amide bonds. The molecule has 1 N–H and O–H groups in total. The Bertz CT molecular complexity index is 392. The van der Waals surface area contributed by atoms with E-state index in [0.29, 0.717) is 0 Å². The number of anilines is 1. The second kappa shape index (κ2) is 7.09. The highest BCUT2D eigenvalue weighted by atomic mass is 16.5. The summed E-state index contributed by atoms with van der Waals surface area (Å²) in [7, 11) is 0. The molecule has 1 aromatic carbocycles. The van der Waals surface area contributed by atoms with Crippen molar-refractivity contribution in [1.82, 2.24) is 5.32 Å². The van der Waals surface area contributed by atoms with Crippen LogP contribution in [-0.4, -0.2) is 31.8 Å². The highest BCUT2D eigenvalue weighted by Crippen LogP contribution is 2.21. The minimum atomic E-state index is 0.232. The van der Waals surface area contributed by atoms with Crippen LogP contribution >= 0.6 is 0 Å². The van der Waals surface area contributed by atoms with Gasteiger partial charge in [-0.3, -0.25) is 0 Å². The smallest absolute Gasteiger partial charge is 0.0483 e. The van der Waals surface area contributed by atoms with Gasteiger partial charge in [-0.1, -0.05) is 12.1 Å². The van der Waals surface area contributed by atoms with E-state index in [1.165, 1.54) is 11.3 Å². The summed E-state index contributed by atoms with van der Waals surface area (Å²) in [5, 5.41) is 3.70. The maximum absolute atomic E-state index is 5.44. The Morgan fingerprint density at radius 3 is 2.25 bits per heavy atom. The Morgan fingerprint density at radius 1 is 1.10 bits per heavy atom. The summed E-state index contributed by atoms with van der Waals surface area (Å²) in [6.07, 6.45) is 2.20. The van der Waals surface area contributed by atoms with Crippen LogP contribution in [0.2, 0.25) is 0 Å². The van der Waals surface area contributed by atoms with Crippen molar-refractivity contribution in [2.75, 3.05) is 31.2 Å². The molecule has 0 unspecified atom stereocenters. The molecule has 1 saturated heterocycles. The van der Waals surface area contributed by atoms with Crippen molar-refractivity contribution >= 4 is 5.69 Å². The number of hydrogen-bond donors (Lipinski definition) is 1. The van der Waals surface area contributed by atoms with Gasteiger partial charge in [-0.25, -0.2) is 0 Å². The quantitative estimate of drug-likeness (QED) is 0.863. The molecule has 112 valence electrons. The van der Waals surface area contributed by atoms with E-state index in [9.17, 15) is 0 Å². The Hall–Kier alpha value is -1.06. The first-order chi connectivity index (χ1) is 9.67. The van der Waals surface area contributed by atoms with E-state index in [-0.39, 0.29) is 5.54 Å². The number of benzene rings is 1. The fourth-order valence-corrected chi connectivity index (χ4v) is 2.73. The molecule has 0 bridgehead atoms. The summed E-state index contributed by atoms with van der Waals surface area (Å²) in [5.41, 5.74) is 2.90. The van der Waals surface area contributed by atoms with Gasteiger partial charge in [0.2, 0.25) is 0 Å². The first-order valence-electron chi connectivity index (χ1n) is 7.83. The van der Waals surface area contributed by atoms with Crippen molar-refractivity contribution in [2.24, 2.45) is 0 Å². The molecule has 0 saturated carbocycles. The lowest BCUT2D eigenvalue weighted by molar-refractivity contribution is 0.0446. The van der Waals surface area contributed by atoms with Gasteiger partial charge in [-0.05, 0) is 51.3 Å². The maximum atomic E-state index is 5.44. The summed E-state index contributed by atoms with van der Waals surface area (Å²) in [5.74, 6) is 0. The number of ether oxygens (including phenoxy) is 1. The maximum Gasteiger partial charge on any atom is 0.0483 e. The lowest BCUT2D eigenvalue weighted by Crippen LogP contribution is -2.46. The highest BCUT2D eigenvalue weighted by Gasteiger charge is 2.26. The second-order valence-corrected chi connectivity index (χ2v) is 5.87. The molecule has 2 rings (SSSR count). The molecule has 1 aromatic rings. The number of hydrogen-bond acceptors (Lipinski definition) is 3. The van der Waals surface area contributed by atoms with Gasteiger partial charge in [0.05, 0.1) is 0 Å². The van der Waals surface area contributed by atoms with E-state index in [1.54, 1.807) is 0 Å². The van der Waals surface area contributed by atoms with Gasteiger partial charge in [0.25, 0.3) is 0 Å². The lowest BCUT2D eigenvalue weighted by atomic mass is 9.92. The van der Waals surface area contributed by atoms with Crippen LogP contribution in [0.1, 0.15) is 39.2 Å². The minimum absolute atomic E-state index is 0.232. The summed E-state index contributed by atoms with van der Waals surface area (Å²) in [4.78, 5) is 2.37. The molecule has 1 heterocycles. The summed E-state index contributed by atoms with van der Waals surface area (Å²) >= 11 is 0. The SMILES string of the molecule is CCN(CC)c1ccc(CNC2(C)CCOCC2)cc1. The van der Waals surface area contributed by atoms with Crippen molar-refractivity contribution in [3.05, 3.63) is 29.8 Å². The fourth-order valence-electron chi connectivity index (χ4n) is 2.73. The fraction of sp³-hybridized carbons (Fsp3) is 0.647. The van der Waals surface area contributed by atoms with E-state index < -0.39 is 0 Å². The van der Waals surface area contributed by atoms with Gasteiger partial charge in [0.1, 0.15) is 0 Å². The van der Waals surface area contributed by atoms with Gasteiger partial charge < -0.3 is 15.0 Å². The number of rotatable bonds is 6. The molecule has 0 spiro atoms. The van der Waals surface area contributed by atoms with Crippen molar-refractivity contribution in [3.63, 3.8) is 0 Å². The molecule has 1 fully saturated rings. The third kappa shape index (κ3) is 3.97. The van der Waals surface area contributed by atoms with E-state index in [1.807, 2.05) is 0 Å². The minimum Gasteiger partial charge on any atom is -0.381 e. The Balaban J connectivity index is 1.90. The Labute approximate surface area is 123 Å². The van der Waals surface area contributed by atoms with Crippen LogP contribution in [0.5, 0.6) is 0 Å². The average molecular weight is 276 g/mol. The molecule has 0 aromatic heterocycles. The second-order valence-electron chi connectivity index (χ2n) is 5.87. The van der Waals surface area contributed by atoms with Crippen molar-refractivity contribution in [2.45, 2.75) is 45.7 Å². The van der Waals surface area contributed by atoms with E-state index >= 15 is 0 Å². The third-order valence-electron chi connectivity index (χ3n) is 4.38. The highest BCUT2D eigenvalue weighted by molar-refractivity contribution is 5.47. The zero-order valence-electron chi connectivity index (χ0n) is 13.1. The average Bonchev–Trinajstić information content (AvgIpc) is 2.48. The first kappa shape index (κ1) is 15.3. The van der Waals surface area contributed by atoms with E-state index in [0.717, 1.165) is 45.7 Å². The van der Waals surface area contributed by atoms with Crippen molar-refractivity contribution in [1.29, 1.82) is 0 Å². The zero-order valence-corrected chi connectivity index (χ0v) is 13.1. The normalized spacial score (nSPS) is 17.9. The van der Waals surface area contributed by atoms with Gasteiger partial charge in [-0.2, -0.15) is 0 Å². The van der Waals surface area contributed by atoms with Crippen molar-refractivity contribution < 1.29 is 4.74 Å². The molecule has 0 radical (unpaired) electrons. The predicted molar refractivity (Wildman–Crippen MR) is 85.3 cm³/mol. The summed E-state index contributed by atoms with van der Waals surface area (Å²) < 4.78 is 5.44. The monoisotopic (exact) mass is 276 g/mol. The largest absolute Gasteiger partial charge is 0.381 e. The lowest BCUT2D eigenvalue weighted by Gasteiger charge is -2.34. The molecule has 0 aliphatic carbocycles. The van der Waals surface area contributed by atoms with E-state index in [4.69, 9.17) is 4.74 Å².